The SMILES string of the molecule is Cn1ncc2c1CCCC2NCc1cn[nH]c1. The second kappa shape index (κ2) is 4.33. The van der Waals surface area contributed by atoms with Crippen molar-refractivity contribution in [2.45, 2.75) is 31.8 Å². The van der Waals surface area contributed by atoms with Gasteiger partial charge in [-0.25, -0.2) is 0 Å². The van der Waals surface area contributed by atoms with Gasteiger partial charge in [-0.3, -0.25) is 9.78 Å². The van der Waals surface area contributed by atoms with Crippen molar-refractivity contribution in [3.05, 3.63) is 35.4 Å². The molecule has 0 aromatic carbocycles. The Kier molecular flexibility index (Phi) is 2.68. The van der Waals surface area contributed by atoms with Crippen molar-refractivity contribution in [1.29, 1.82) is 0 Å². The lowest BCUT2D eigenvalue weighted by molar-refractivity contribution is 0.452. The molecule has 2 N–H and O–H groups in total. The van der Waals surface area contributed by atoms with E-state index in [0.29, 0.717) is 6.04 Å². The second-order valence-electron chi connectivity index (χ2n) is 4.60. The van der Waals surface area contributed by atoms with Crippen LogP contribution in [0.1, 0.15) is 35.7 Å². The number of H-pyrrole nitrogens is 1. The molecular formula is C12H17N5. The minimum absolute atomic E-state index is 0.433. The lowest BCUT2D eigenvalue weighted by Gasteiger charge is -2.23. The maximum Gasteiger partial charge on any atom is 0.0540 e. The predicted molar refractivity (Wildman–Crippen MR) is 64.3 cm³/mol. The second-order valence-corrected chi connectivity index (χ2v) is 4.60. The number of aromatic nitrogens is 4. The van der Waals surface area contributed by atoms with Crippen molar-refractivity contribution in [2.75, 3.05) is 0 Å². The Hall–Kier alpha value is -1.62. The van der Waals surface area contributed by atoms with Crippen molar-refractivity contribution in [2.24, 2.45) is 7.05 Å². The van der Waals surface area contributed by atoms with Gasteiger partial charge in [0.25, 0.3) is 0 Å². The maximum atomic E-state index is 4.35. The summed E-state index contributed by atoms with van der Waals surface area (Å²) in [5.74, 6) is 0. The van der Waals surface area contributed by atoms with E-state index < -0.39 is 0 Å². The normalized spacial score (nSPS) is 19.2. The molecule has 0 bridgehead atoms. The van der Waals surface area contributed by atoms with E-state index >= 15 is 0 Å². The summed E-state index contributed by atoms with van der Waals surface area (Å²) < 4.78 is 2.00. The molecule has 0 aliphatic heterocycles. The number of aromatic amines is 1. The Morgan fingerprint density at radius 3 is 3.29 bits per heavy atom. The summed E-state index contributed by atoms with van der Waals surface area (Å²) in [6.45, 7) is 0.857. The summed E-state index contributed by atoms with van der Waals surface area (Å²) in [5, 5.41) is 14.7. The van der Waals surface area contributed by atoms with Crippen molar-refractivity contribution >= 4 is 0 Å². The van der Waals surface area contributed by atoms with E-state index in [4.69, 9.17) is 0 Å². The molecule has 0 radical (unpaired) electrons. The first kappa shape index (κ1) is 10.5. The number of fused-ring (bicyclic) bond motifs is 1. The van der Waals surface area contributed by atoms with Crippen LogP contribution in [0.5, 0.6) is 0 Å². The molecule has 5 nitrogen and oxygen atoms in total. The highest BCUT2D eigenvalue weighted by Gasteiger charge is 2.22. The molecule has 0 fully saturated rings. The fourth-order valence-corrected chi connectivity index (χ4v) is 2.53. The first-order chi connectivity index (χ1) is 8.34. The Balaban J connectivity index is 1.72. The molecule has 0 saturated heterocycles. The van der Waals surface area contributed by atoms with E-state index in [-0.39, 0.29) is 0 Å². The molecule has 0 spiro atoms. The molecule has 0 saturated carbocycles. The topological polar surface area (TPSA) is 58.5 Å². The Morgan fingerprint density at radius 1 is 1.53 bits per heavy atom. The van der Waals surface area contributed by atoms with E-state index in [9.17, 15) is 0 Å². The smallest absolute Gasteiger partial charge is 0.0540 e. The van der Waals surface area contributed by atoms with Gasteiger partial charge in [-0.1, -0.05) is 0 Å². The van der Waals surface area contributed by atoms with Crippen LogP contribution in [-0.4, -0.2) is 20.0 Å². The molecule has 5 heteroatoms. The molecule has 2 aromatic rings. The van der Waals surface area contributed by atoms with Crippen LogP contribution in [0.15, 0.2) is 18.6 Å². The number of rotatable bonds is 3. The molecule has 1 unspecified atom stereocenters. The third-order valence-corrected chi connectivity index (χ3v) is 3.48. The predicted octanol–water partition coefficient (Wildman–Crippen LogP) is 1.31. The van der Waals surface area contributed by atoms with E-state index in [1.54, 1.807) is 0 Å². The van der Waals surface area contributed by atoms with Crippen LogP contribution >= 0.6 is 0 Å². The van der Waals surface area contributed by atoms with Crippen LogP contribution in [-0.2, 0) is 20.0 Å². The van der Waals surface area contributed by atoms with Crippen molar-refractivity contribution in [1.82, 2.24) is 25.3 Å². The number of hydrogen-bond donors (Lipinski definition) is 2. The fraction of sp³-hybridized carbons (Fsp3) is 0.500. The van der Waals surface area contributed by atoms with Gasteiger partial charge < -0.3 is 5.32 Å². The van der Waals surface area contributed by atoms with Gasteiger partial charge in [0.15, 0.2) is 0 Å². The van der Waals surface area contributed by atoms with Gasteiger partial charge in [0.2, 0.25) is 0 Å². The van der Waals surface area contributed by atoms with Gasteiger partial charge in [-0.15, -0.1) is 0 Å². The third kappa shape index (κ3) is 1.98. The van der Waals surface area contributed by atoms with Gasteiger partial charge in [0.1, 0.15) is 0 Å². The van der Waals surface area contributed by atoms with Crippen LogP contribution in [0.3, 0.4) is 0 Å². The molecule has 90 valence electrons. The highest BCUT2D eigenvalue weighted by molar-refractivity contribution is 5.24. The van der Waals surface area contributed by atoms with Crippen LogP contribution in [0.25, 0.3) is 0 Å². The molecule has 2 aromatic heterocycles. The standard InChI is InChI=1S/C12H17N5/c1-17-12-4-2-3-11(10(12)8-16-17)13-5-9-6-14-15-7-9/h6-8,11,13H,2-5H2,1H3,(H,14,15). The number of nitrogens with one attached hydrogen (secondary N) is 2. The van der Waals surface area contributed by atoms with Gasteiger partial charge >= 0.3 is 0 Å². The highest BCUT2D eigenvalue weighted by atomic mass is 15.3. The number of aryl methyl sites for hydroxylation is 1. The Bertz CT molecular complexity index is 485. The van der Waals surface area contributed by atoms with E-state index in [2.05, 4.69) is 20.6 Å². The molecule has 17 heavy (non-hydrogen) atoms. The summed E-state index contributed by atoms with van der Waals surface area (Å²) in [6, 6.07) is 0.433. The largest absolute Gasteiger partial charge is 0.306 e. The van der Waals surface area contributed by atoms with Crippen molar-refractivity contribution in [3.63, 3.8) is 0 Å². The molecule has 1 aliphatic rings. The van der Waals surface area contributed by atoms with Gasteiger partial charge in [0.05, 0.1) is 12.4 Å². The monoisotopic (exact) mass is 231 g/mol. The maximum absolute atomic E-state index is 4.35. The van der Waals surface area contributed by atoms with Gasteiger partial charge in [-0.2, -0.15) is 10.2 Å². The number of nitrogens with zero attached hydrogens (tertiary/aromatic N) is 3. The average molecular weight is 231 g/mol. The summed E-state index contributed by atoms with van der Waals surface area (Å²) in [4.78, 5) is 0. The summed E-state index contributed by atoms with van der Waals surface area (Å²) in [6.07, 6.45) is 9.36. The summed E-state index contributed by atoms with van der Waals surface area (Å²) in [7, 11) is 2.03. The third-order valence-electron chi connectivity index (χ3n) is 3.48. The lowest BCUT2D eigenvalue weighted by Crippen LogP contribution is -2.24. The zero-order valence-corrected chi connectivity index (χ0v) is 9.98. The minimum atomic E-state index is 0.433. The number of hydrogen-bond acceptors (Lipinski definition) is 3. The summed E-state index contributed by atoms with van der Waals surface area (Å²) in [5.41, 5.74) is 3.93. The molecule has 0 amide bonds. The van der Waals surface area contributed by atoms with Crippen LogP contribution in [0.2, 0.25) is 0 Å². The summed E-state index contributed by atoms with van der Waals surface area (Å²) >= 11 is 0. The fourth-order valence-electron chi connectivity index (χ4n) is 2.53. The van der Waals surface area contributed by atoms with Crippen LogP contribution < -0.4 is 5.32 Å². The minimum Gasteiger partial charge on any atom is -0.306 e. The van der Waals surface area contributed by atoms with Crippen LogP contribution in [0, 0.1) is 0 Å². The molecular weight excluding hydrogens is 214 g/mol. The molecule has 1 aliphatic carbocycles. The van der Waals surface area contributed by atoms with E-state index in [0.717, 1.165) is 13.0 Å². The average Bonchev–Trinajstić information content (AvgIpc) is 2.97. The van der Waals surface area contributed by atoms with E-state index in [1.807, 2.05) is 30.3 Å². The molecule has 3 rings (SSSR count). The first-order valence-electron chi connectivity index (χ1n) is 6.06. The molecule has 2 heterocycles. The van der Waals surface area contributed by atoms with Crippen molar-refractivity contribution in [3.8, 4) is 0 Å². The highest BCUT2D eigenvalue weighted by Crippen LogP contribution is 2.29. The van der Waals surface area contributed by atoms with E-state index in [1.165, 1.54) is 29.7 Å². The quantitative estimate of drug-likeness (QED) is 0.837. The van der Waals surface area contributed by atoms with Crippen molar-refractivity contribution < 1.29 is 0 Å². The molecule has 1 atom stereocenters. The van der Waals surface area contributed by atoms with Gasteiger partial charge in [-0.05, 0) is 19.3 Å². The Labute approximate surface area is 100 Å². The first-order valence-corrected chi connectivity index (χ1v) is 6.06. The lowest BCUT2D eigenvalue weighted by atomic mass is 9.93. The Morgan fingerprint density at radius 2 is 2.47 bits per heavy atom. The zero-order valence-electron chi connectivity index (χ0n) is 9.98. The van der Waals surface area contributed by atoms with Crippen LogP contribution in [0.4, 0.5) is 0 Å². The zero-order chi connectivity index (χ0) is 11.7. The van der Waals surface area contributed by atoms with Gasteiger partial charge in [0, 0.05) is 42.7 Å².